The highest BCUT2D eigenvalue weighted by Gasteiger charge is 2.19. The summed E-state index contributed by atoms with van der Waals surface area (Å²) in [6.07, 6.45) is 0. The Morgan fingerprint density at radius 3 is 2.50 bits per heavy atom. The van der Waals surface area contributed by atoms with E-state index < -0.39 is 0 Å². The third kappa shape index (κ3) is 2.72. The molecule has 2 aromatic rings. The Kier molecular flexibility index (Phi) is 4.18. The van der Waals surface area contributed by atoms with Crippen LogP contribution >= 0.6 is 15.9 Å². The van der Waals surface area contributed by atoms with Gasteiger partial charge in [-0.2, -0.15) is 0 Å². The highest BCUT2D eigenvalue weighted by Crippen LogP contribution is 2.29. The average Bonchev–Trinajstić information content (AvgIpc) is 2.66. The van der Waals surface area contributed by atoms with Crippen molar-refractivity contribution < 1.29 is 13.9 Å². The number of carbonyl (C=O) groups is 1. The second-order valence-electron chi connectivity index (χ2n) is 4.51. The van der Waals surface area contributed by atoms with E-state index in [-0.39, 0.29) is 5.91 Å². The molecule has 0 aliphatic carbocycles. The van der Waals surface area contributed by atoms with Gasteiger partial charge in [-0.25, -0.2) is 0 Å². The lowest BCUT2D eigenvalue weighted by Gasteiger charge is -2.09. The number of furan rings is 1. The minimum Gasteiger partial charge on any atom is -0.497 e. The van der Waals surface area contributed by atoms with E-state index in [9.17, 15) is 4.79 Å². The summed E-state index contributed by atoms with van der Waals surface area (Å²) in [5, 5.41) is 2.87. The molecule has 0 bridgehead atoms. The van der Waals surface area contributed by atoms with Crippen LogP contribution in [0.3, 0.4) is 0 Å². The van der Waals surface area contributed by atoms with Crippen LogP contribution in [-0.2, 0) is 0 Å². The van der Waals surface area contributed by atoms with Crippen LogP contribution in [0.1, 0.15) is 27.4 Å². The second-order valence-corrected chi connectivity index (χ2v) is 5.37. The number of aryl methyl sites for hydroxylation is 2. The molecule has 0 unspecified atom stereocenters. The van der Waals surface area contributed by atoms with Gasteiger partial charge in [0, 0.05) is 16.1 Å². The summed E-state index contributed by atoms with van der Waals surface area (Å²) in [6.45, 7) is 5.51. The van der Waals surface area contributed by atoms with Crippen molar-refractivity contribution in [3.63, 3.8) is 0 Å². The zero-order valence-electron chi connectivity index (χ0n) is 11.8. The number of ether oxygens (including phenoxy) is 1. The number of carbonyl (C=O) groups excluding carboxylic acids is 1. The van der Waals surface area contributed by atoms with Crippen LogP contribution < -0.4 is 10.1 Å². The van der Waals surface area contributed by atoms with Crippen LogP contribution in [0.15, 0.2) is 27.1 Å². The molecule has 0 radical (unpaired) electrons. The molecule has 0 aliphatic heterocycles. The lowest BCUT2D eigenvalue weighted by Crippen LogP contribution is -2.14. The normalized spacial score (nSPS) is 10.4. The number of methoxy groups -OCH3 is 1. The van der Waals surface area contributed by atoms with Crippen LogP contribution in [0.25, 0.3) is 0 Å². The Bertz CT molecular complexity index is 661. The third-order valence-corrected chi connectivity index (χ3v) is 3.90. The van der Waals surface area contributed by atoms with Crippen molar-refractivity contribution in [3.05, 3.63) is 45.3 Å². The fourth-order valence-corrected chi connectivity index (χ4v) is 2.39. The van der Waals surface area contributed by atoms with Crippen LogP contribution in [0.4, 0.5) is 5.69 Å². The largest absolute Gasteiger partial charge is 0.497 e. The van der Waals surface area contributed by atoms with Gasteiger partial charge < -0.3 is 14.5 Å². The number of rotatable bonds is 3. The van der Waals surface area contributed by atoms with E-state index in [1.54, 1.807) is 20.1 Å². The lowest BCUT2D eigenvalue weighted by molar-refractivity contribution is 0.102. The van der Waals surface area contributed by atoms with Gasteiger partial charge in [0.25, 0.3) is 5.91 Å². The van der Waals surface area contributed by atoms with E-state index in [2.05, 4.69) is 21.2 Å². The molecule has 0 spiro atoms. The first-order valence-electron chi connectivity index (χ1n) is 6.15. The van der Waals surface area contributed by atoms with E-state index in [0.717, 1.165) is 15.8 Å². The summed E-state index contributed by atoms with van der Waals surface area (Å²) in [6, 6.07) is 5.41. The molecule has 4 nitrogen and oxygen atoms in total. The topological polar surface area (TPSA) is 51.5 Å². The van der Waals surface area contributed by atoms with Crippen molar-refractivity contribution in [1.82, 2.24) is 0 Å². The first-order valence-corrected chi connectivity index (χ1v) is 6.94. The van der Waals surface area contributed by atoms with E-state index in [1.165, 1.54) is 0 Å². The number of hydrogen-bond donors (Lipinski definition) is 1. The van der Waals surface area contributed by atoms with Gasteiger partial charge in [0.15, 0.2) is 0 Å². The van der Waals surface area contributed by atoms with Crippen LogP contribution in [-0.4, -0.2) is 13.0 Å². The third-order valence-electron chi connectivity index (χ3n) is 3.21. The Labute approximate surface area is 126 Å². The molecule has 106 valence electrons. The first-order chi connectivity index (χ1) is 9.43. The lowest BCUT2D eigenvalue weighted by atomic mass is 10.1. The molecule has 1 N–H and O–H groups in total. The molecule has 2 rings (SSSR count). The van der Waals surface area contributed by atoms with Crippen molar-refractivity contribution in [2.75, 3.05) is 12.4 Å². The van der Waals surface area contributed by atoms with Gasteiger partial charge in [-0.05, 0) is 48.8 Å². The summed E-state index contributed by atoms with van der Waals surface area (Å²) in [5.74, 6) is 1.87. The minimum atomic E-state index is -0.189. The molecule has 0 saturated carbocycles. The molecule has 1 heterocycles. The maximum absolute atomic E-state index is 12.4. The molecule has 0 atom stereocenters. The van der Waals surface area contributed by atoms with Crippen LogP contribution in [0, 0.1) is 20.8 Å². The Morgan fingerprint density at radius 2 is 1.95 bits per heavy atom. The van der Waals surface area contributed by atoms with Crippen molar-refractivity contribution in [2.45, 2.75) is 20.8 Å². The predicted octanol–water partition coefficient (Wildman–Crippen LogP) is 4.23. The molecule has 20 heavy (non-hydrogen) atoms. The molecular formula is C15H16BrNO3. The van der Waals surface area contributed by atoms with Gasteiger partial charge in [0.1, 0.15) is 17.3 Å². The summed E-state index contributed by atoms with van der Waals surface area (Å²) >= 11 is 3.41. The molecule has 0 fully saturated rings. The zero-order valence-corrected chi connectivity index (χ0v) is 13.4. The maximum atomic E-state index is 12.4. The van der Waals surface area contributed by atoms with Gasteiger partial charge >= 0.3 is 0 Å². The Hall–Kier alpha value is -1.75. The number of hydrogen-bond acceptors (Lipinski definition) is 3. The number of anilines is 1. The molecule has 1 aromatic carbocycles. The highest BCUT2D eigenvalue weighted by molar-refractivity contribution is 9.10. The molecule has 0 saturated heterocycles. The summed E-state index contributed by atoms with van der Waals surface area (Å²) in [5.41, 5.74) is 2.10. The van der Waals surface area contributed by atoms with E-state index in [4.69, 9.17) is 9.15 Å². The van der Waals surface area contributed by atoms with Gasteiger partial charge in [-0.1, -0.05) is 0 Å². The Balaban J connectivity index is 2.32. The number of halogens is 1. The van der Waals surface area contributed by atoms with Crippen LogP contribution in [0.5, 0.6) is 5.75 Å². The molecule has 1 amide bonds. The number of benzene rings is 1. The monoisotopic (exact) mass is 337 g/mol. The summed E-state index contributed by atoms with van der Waals surface area (Å²) < 4.78 is 11.4. The van der Waals surface area contributed by atoms with Crippen molar-refractivity contribution in [1.29, 1.82) is 0 Å². The molecule has 5 heteroatoms. The van der Waals surface area contributed by atoms with E-state index in [1.807, 2.05) is 26.0 Å². The zero-order chi connectivity index (χ0) is 14.9. The Morgan fingerprint density at radius 1 is 1.25 bits per heavy atom. The van der Waals surface area contributed by atoms with Gasteiger partial charge in [0.05, 0.1) is 18.4 Å². The predicted molar refractivity (Wildman–Crippen MR) is 81.6 cm³/mol. The SMILES string of the molecule is COc1ccc(Br)c(NC(=O)c2c(C)oc(C)c2C)c1. The maximum Gasteiger partial charge on any atom is 0.259 e. The van der Waals surface area contributed by atoms with E-state index in [0.29, 0.717) is 22.8 Å². The molecular weight excluding hydrogens is 322 g/mol. The fraction of sp³-hybridized carbons (Fsp3) is 0.267. The van der Waals surface area contributed by atoms with Crippen LogP contribution in [0.2, 0.25) is 0 Å². The standard InChI is InChI=1S/C15H16BrNO3/c1-8-9(2)20-10(3)14(8)15(18)17-13-7-11(19-4)5-6-12(13)16/h5-7H,1-4H3,(H,17,18). The van der Waals surface area contributed by atoms with Gasteiger partial charge in [0.2, 0.25) is 0 Å². The van der Waals surface area contributed by atoms with Crippen molar-refractivity contribution in [3.8, 4) is 5.75 Å². The quantitative estimate of drug-likeness (QED) is 0.911. The van der Waals surface area contributed by atoms with Gasteiger partial charge in [-0.15, -0.1) is 0 Å². The second kappa shape index (κ2) is 5.71. The minimum absolute atomic E-state index is 0.189. The molecule has 0 aliphatic rings. The molecule has 1 aromatic heterocycles. The number of nitrogens with one attached hydrogen (secondary N) is 1. The summed E-state index contributed by atoms with van der Waals surface area (Å²) in [7, 11) is 1.59. The van der Waals surface area contributed by atoms with Crippen molar-refractivity contribution in [2.24, 2.45) is 0 Å². The number of amides is 1. The summed E-state index contributed by atoms with van der Waals surface area (Å²) in [4.78, 5) is 12.4. The van der Waals surface area contributed by atoms with Gasteiger partial charge in [-0.3, -0.25) is 4.79 Å². The highest BCUT2D eigenvalue weighted by atomic mass is 79.9. The first kappa shape index (κ1) is 14.7. The van der Waals surface area contributed by atoms with Crippen molar-refractivity contribution >= 4 is 27.5 Å². The van der Waals surface area contributed by atoms with E-state index >= 15 is 0 Å². The smallest absolute Gasteiger partial charge is 0.259 e. The average molecular weight is 338 g/mol. The fourth-order valence-electron chi connectivity index (χ4n) is 2.04.